The number of hydrogen-bond acceptors (Lipinski definition) is 3. The number of carbonyl (C=O) groups is 2. The molecule has 0 spiro atoms. The molecule has 2 amide bonds. The number of nitrogens with zero attached hydrogens (tertiary/aromatic N) is 2. The van der Waals surface area contributed by atoms with Crippen LogP contribution in [0, 0.1) is 23.4 Å². The van der Waals surface area contributed by atoms with Crippen LogP contribution in [0.1, 0.15) is 6.42 Å². The van der Waals surface area contributed by atoms with Crippen LogP contribution in [0.4, 0.5) is 30.2 Å². The van der Waals surface area contributed by atoms with E-state index in [4.69, 9.17) is 0 Å². The van der Waals surface area contributed by atoms with E-state index >= 15 is 0 Å². The average molecular weight is 377 g/mol. The highest BCUT2D eigenvalue weighted by molar-refractivity contribution is 6.03. The minimum absolute atomic E-state index is 0.0490. The minimum Gasteiger partial charge on any atom is -0.378 e. The second-order valence-electron chi connectivity index (χ2n) is 6.53. The van der Waals surface area contributed by atoms with Gasteiger partial charge in [-0.3, -0.25) is 9.59 Å². The SMILES string of the molecule is CN(C)c1ccc(N2CC(C(=O)Nc3ccc(F)c(F)c3F)CC2=O)cc1. The van der Waals surface area contributed by atoms with Gasteiger partial charge in [0, 0.05) is 38.4 Å². The van der Waals surface area contributed by atoms with E-state index in [1.165, 1.54) is 4.90 Å². The van der Waals surface area contributed by atoms with Gasteiger partial charge in [0.2, 0.25) is 11.8 Å². The van der Waals surface area contributed by atoms with Gasteiger partial charge in [0.15, 0.2) is 17.5 Å². The van der Waals surface area contributed by atoms with Gasteiger partial charge in [-0.25, -0.2) is 13.2 Å². The molecule has 1 N–H and O–H groups in total. The number of anilines is 3. The Bertz CT molecular complexity index is 885. The first kappa shape index (κ1) is 18.8. The maximum absolute atomic E-state index is 13.7. The summed E-state index contributed by atoms with van der Waals surface area (Å²) in [4.78, 5) is 28.0. The third kappa shape index (κ3) is 3.74. The number of benzene rings is 2. The molecule has 2 aromatic carbocycles. The Morgan fingerprint density at radius 2 is 1.74 bits per heavy atom. The van der Waals surface area contributed by atoms with Crippen LogP contribution in [0.2, 0.25) is 0 Å². The van der Waals surface area contributed by atoms with Crippen LogP contribution in [0.5, 0.6) is 0 Å². The summed E-state index contributed by atoms with van der Waals surface area (Å²) in [5.41, 5.74) is 1.16. The molecule has 0 bridgehead atoms. The molecule has 0 aliphatic carbocycles. The van der Waals surface area contributed by atoms with Crippen molar-refractivity contribution in [2.45, 2.75) is 6.42 Å². The molecule has 0 saturated carbocycles. The molecule has 1 heterocycles. The predicted octanol–water partition coefficient (Wildman–Crippen LogP) is 3.16. The Morgan fingerprint density at radius 1 is 1.07 bits per heavy atom. The number of amides is 2. The lowest BCUT2D eigenvalue weighted by Gasteiger charge is -2.19. The third-order valence-electron chi connectivity index (χ3n) is 4.47. The quantitative estimate of drug-likeness (QED) is 0.833. The molecular weight excluding hydrogens is 359 g/mol. The van der Waals surface area contributed by atoms with Crippen LogP contribution in [0.15, 0.2) is 36.4 Å². The van der Waals surface area contributed by atoms with Crippen LogP contribution >= 0.6 is 0 Å². The summed E-state index contributed by atoms with van der Waals surface area (Å²) in [5, 5.41) is 2.23. The standard InChI is InChI=1S/C19H18F3N3O2/c1-24(2)12-3-5-13(6-4-12)25-10-11(9-16(25)26)19(27)23-15-8-7-14(20)17(21)18(15)22/h3-8,11H,9-10H2,1-2H3,(H,23,27). The van der Waals surface area contributed by atoms with E-state index in [1.54, 1.807) is 12.1 Å². The van der Waals surface area contributed by atoms with E-state index in [2.05, 4.69) is 5.32 Å². The summed E-state index contributed by atoms with van der Waals surface area (Å²) in [5.74, 6) is -6.05. The summed E-state index contributed by atoms with van der Waals surface area (Å²) in [7, 11) is 3.79. The molecule has 27 heavy (non-hydrogen) atoms. The molecule has 1 saturated heterocycles. The minimum atomic E-state index is -1.65. The van der Waals surface area contributed by atoms with E-state index in [0.717, 1.165) is 17.8 Å². The van der Waals surface area contributed by atoms with Crippen molar-refractivity contribution in [2.24, 2.45) is 5.92 Å². The summed E-state index contributed by atoms with van der Waals surface area (Å²) in [6.07, 6.45) is -0.0490. The topological polar surface area (TPSA) is 52.6 Å². The molecule has 1 aliphatic heterocycles. The van der Waals surface area contributed by atoms with Gasteiger partial charge in [-0.2, -0.15) is 0 Å². The van der Waals surface area contributed by atoms with Gasteiger partial charge in [-0.15, -0.1) is 0 Å². The molecule has 1 fully saturated rings. The maximum atomic E-state index is 13.7. The molecule has 142 valence electrons. The second kappa shape index (κ2) is 7.30. The molecular formula is C19H18F3N3O2. The summed E-state index contributed by atoms with van der Waals surface area (Å²) >= 11 is 0. The Labute approximate surface area is 154 Å². The lowest BCUT2D eigenvalue weighted by Crippen LogP contribution is -2.28. The lowest BCUT2D eigenvalue weighted by molar-refractivity contribution is -0.122. The van der Waals surface area contributed by atoms with Crippen molar-refractivity contribution in [3.63, 3.8) is 0 Å². The molecule has 3 rings (SSSR count). The molecule has 8 heteroatoms. The van der Waals surface area contributed by atoms with E-state index < -0.39 is 35.0 Å². The maximum Gasteiger partial charge on any atom is 0.229 e. The second-order valence-corrected chi connectivity index (χ2v) is 6.53. The molecule has 5 nitrogen and oxygen atoms in total. The first-order valence-electron chi connectivity index (χ1n) is 8.30. The Balaban J connectivity index is 1.71. The lowest BCUT2D eigenvalue weighted by atomic mass is 10.1. The van der Waals surface area contributed by atoms with E-state index in [0.29, 0.717) is 5.69 Å². The highest BCUT2D eigenvalue weighted by Crippen LogP contribution is 2.28. The number of rotatable bonds is 4. The third-order valence-corrected chi connectivity index (χ3v) is 4.47. The van der Waals surface area contributed by atoms with Crippen molar-refractivity contribution in [2.75, 3.05) is 35.8 Å². The zero-order chi connectivity index (χ0) is 19.7. The highest BCUT2D eigenvalue weighted by atomic mass is 19.2. The monoisotopic (exact) mass is 377 g/mol. The van der Waals surface area contributed by atoms with E-state index in [-0.39, 0.29) is 18.9 Å². The number of carbonyl (C=O) groups excluding carboxylic acids is 2. The van der Waals surface area contributed by atoms with Crippen molar-refractivity contribution in [1.82, 2.24) is 0 Å². The fraction of sp³-hybridized carbons (Fsp3) is 0.263. The fourth-order valence-electron chi connectivity index (χ4n) is 2.92. The predicted molar refractivity (Wildman–Crippen MR) is 96.2 cm³/mol. The zero-order valence-corrected chi connectivity index (χ0v) is 14.8. The summed E-state index contributed by atoms with van der Waals surface area (Å²) in [6, 6.07) is 8.94. The largest absolute Gasteiger partial charge is 0.378 e. The molecule has 0 aromatic heterocycles. The van der Waals surface area contributed by atoms with Crippen LogP contribution in [0.3, 0.4) is 0 Å². The van der Waals surface area contributed by atoms with Crippen LogP contribution in [0.25, 0.3) is 0 Å². The van der Waals surface area contributed by atoms with Gasteiger partial charge in [0.1, 0.15) is 0 Å². The zero-order valence-electron chi connectivity index (χ0n) is 14.8. The Morgan fingerprint density at radius 3 is 2.37 bits per heavy atom. The summed E-state index contributed by atoms with van der Waals surface area (Å²) < 4.78 is 40.0. The van der Waals surface area contributed by atoms with Gasteiger partial charge in [0.05, 0.1) is 11.6 Å². The number of nitrogens with one attached hydrogen (secondary N) is 1. The fourth-order valence-corrected chi connectivity index (χ4v) is 2.92. The smallest absolute Gasteiger partial charge is 0.229 e. The average Bonchev–Trinajstić information content (AvgIpc) is 3.04. The highest BCUT2D eigenvalue weighted by Gasteiger charge is 2.35. The molecule has 0 radical (unpaired) electrons. The Hall–Kier alpha value is -3.03. The van der Waals surface area contributed by atoms with E-state index in [9.17, 15) is 22.8 Å². The van der Waals surface area contributed by atoms with Gasteiger partial charge >= 0.3 is 0 Å². The first-order valence-corrected chi connectivity index (χ1v) is 8.30. The van der Waals surface area contributed by atoms with Crippen molar-refractivity contribution in [1.29, 1.82) is 0 Å². The molecule has 1 unspecified atom stereocenters. The van der Waals surface area contributed by atoms with Crippen LogP contribution in [-0.4, -0.2) is 32.5 Å². The van der Waals surface area contributed by atoms with Gasteiger partial charge < -0.3 is 15.1 Å². The normalized spacial score (nSPS) is 16.6. The van der Waals surface area contributed by atoms with Crippen molar-refractivity contribution >= 4 is 28.9 Å². The van der Waals surface area contributed by atoms with Crippen LogP contribution in [-0.2, 0) is 9.59 Å². The first-order chi connectivity index (χ1) is 12.8. The number of halogens is 3. The van der Waals surface area contributed by atoms with Crippen molar-refractivity contribution < 1.29 is 22.8 Å². The number of hydrogen-bond donors (Lipinski definition) is 1. The molecule has 1 atom stereocenters. The Kier molecular flexibility index (Phi) is 5.07. The molecule has 1 aliphatic rings. The van der Waals surface area contributed by atoms with Gasteiger partial charge in [0.25, 0.3) is 0 Å². The van der Waals surface area contributed by atoms with Gasteiger partial charge in [-0.05, 0) is 36.4 Å². The van der Waals surface area contributed by atoms with E-state index in [1.807, 2.05) is 31.1 Å². The van der Waals surface area contributed by atoms with Crippen molar-refractivity contribution in [3.05, 3.63) is 53.8 Å². The van der Waals surface area contributed by atoms with Crippen LogP contribution < -0.4 is 15.1 Å². The van der Waals surface area contributed by atoms with Crippen molar-refractivity contribution in [3.8, 4) is 0 Å². The molecule has 2 aromatic rings. The summed E-state index contributed by atoms with van der Waals surface area (Å²) in [6.45, 7) is 0.122. The van der Waals surface area contributed by atoms with Gasteiger partial charge in [-0.1, -0.05) is 0 Å².